The first-order valence-corrected chi connectivity index (χ1v) is 4.81. The van der Waals surface area contributed by atoms with Crippen LogP contribution >= 0.6 is 0 Å². The lowest BCUT2D eigenvalue weighted by Gasteiger charge is -2.27. The predicted octanol–water partition coefficient (Wildman–Crippen LogP) is 1.36. The summed E-state index contributed by atoms with van der Waals surface area (Å²) in [5.74, 6) is 0. The van der Waals surface area contributed by atoms with Gasteiger partial charge in [0.05, 0.1) is 0 Å². The fourth-order valence-electron chi connectivity index (χ4n) is 1.39. The maximum absolute atomic E-state index is 10.6. The number of rotatable bonds is 8. The van der Waals surface area contributed by atoms with Crippen LogP contribution < -0.4 is 0 Å². The number of nitrogens with zero attached hydrogens (tertiary/aromatic N) is 2. The van der Waals surface area contributed by atoms with Crippen molar-refractivity contribution in [2.45, 2.75) is 32.4 Å². The molecule has 2 unspecified atom stereocenters. The Bertz CT molecular complexity index is 201. The topological polar surface area (TPSA) is 40.6 Å². The van der Waals surface area contributed by atoms with Crippen molar-refractivity contribution in [2.75, 3.05) is 0 Å². The van der Waals surface area contributed by atoms with Crippen LogP contribution in [-0.4, -0.2) is 34.7 Å². The van der Waals surface area contributed by atoms with E-state index in [-0.39, 0.29) is 12.1 Å². The van der Waals surface area contributed by atoms with Gasteiger partial charge in [-0.2, -0.15) is 0 Å². The molecule has 0 bridgehead atoms. The van der Waals surface area contributed by atoms with Crippen LogP contribution in [-0.2, 0) is 9.59 Å². The third kappa shape index (κ3) is 3.97. The minimum absolute atomic E-state index is 0.0115. The van der Waals surface area contributed by atoms with E-state index in [2.05, 4.69) is 13.2 Å². The summed E-state index contributed by atoms with van der Waals surface area (Å²) in [5.41, 5.74) is 0. The fraction of sp³-hybridized carbons (Fsp3) is 0.455. The van der Waals surface area contributed by atoms with Crippen LogP contribution in [0.5, 0.6) is 0 Å². The van der Waals surface area contributed by atoms with Crippen molar-refractivity contribution in [2.24, 2.45) is 0 Å². The van der Waals surface area contributed by atoms with E-state index in [0.717, 1.165) is 12.8 Å². The fourth-order valence-corrected chi connectivity index (χ4v) is 1.39. The monoisotopic (exact) mass is 210 g/mol. The lowest BCUT2D eigenvalue weighted by Crippen LogP contribution is -2.35. The second-order valence-corrected chi connectivity index (χ2v) is 3.40. The molecule has 0 spiro atoms. The number of amides is 2. The van der Waals surface area contributed by atoms with Crippen molar-refractivity contribution in [3.63, 3.8) is 0 Å². The molecule has 84 valence electrons. The van der Waals surface area contributed by atoms with Gasteiger partial charge in [0.25, 0.3) is 0 Å². The number of carbonyl (C=O) groups excluding carboxylic acids is 2. The first kappa shape index (κ1) is 13.4. The van der Waals surface area contributed by atoms with E-state index in [9.17, 15) is 9.59 Å². The Morgan fingerprint density at radius 1 is 1.00 bits per heavy atom. The van der Waals surface area contributed by atoms with Gasteiger partial charge in [-0.15, -0.1) is 0 Å². The van der Waals surface area contributed by atoms with E-state index in [1.165, 1.54) is 22.2 Å². The molecule has 0 aromatic rings. The lowest BCUT2D eigenvalue weighted by atomic mass is 10.1. The normalized spacial score (nSPS) is 13.5. The van der Waals surface area contributed by atoms with Gasteiger partial charge in [0.15, 0.2) is 0 Å². The summed E-state index contributed by atoms with van der Waals surface area (Å²) >= 11 is 0. The molecule has 0 saturated heterocycles. The van der Waals surface area contributed by atoms with Crippen molar-refractivity contribution in [1.82, 2.24) is 9.80 Å². The SMILES string of the molecule is C=CN(C=O)C(C)CC(C)N(C=C)C=O. The van der Waals surface area contributed by atoms with Gasteiger partial charge in [-0.1, -0.05) is 13.2 Å². The number of hydrogen-bond donors (Lipinski definition) is 0. The molecule has 0 fully saturated rings. The zero-order valence-electron chi connectivity index (χ0n) is 9.30. The summed E-state index contributed by atoms with van der Waals surface area (Å²) in [4.78, 5) is 24.2. The largest absolute Gasteiger partial charge is 0.319 e. The van der Waals surface area contributed by atoms with Crippen LogP contribution in [0, 0.1) is 0 Å². The quantitative estimate of drug-likeness (QED) is 0.567. The van der Waals surface area contributed by atoms with Gasteiger partial charge in [-0.05, 0) is 32.7 Å². The highest BCUT2D eigenvalue weighted by molar-refractivity contribution is 5.50. The summed E-state index contributed by atoms with van der Waals surface area (Å²) in [6.07, 6.45) is 5.08. The Balaban J connectivity index is 4.31. The van der Waals surface area contributed by atoms with E-state index >= 15 is 0 Å². The third-order valence-corrected chi connectivity index (χ3v) is 2.37. The third-order valence-electron chi connectivity index (χ3n) is 2.37. The van der Waals surface area contributed by atoms with Crippen molar-refractivity contribution in [3.05, 3.63) is 25.6 Å². The molecule has 0 aromatic carbocycles. The van der Waals surface area contributed by atoms with Gasteiger partial charge in [-0.25, -0.2) is 0 Å². The molecular weight excluding hydrogens is 192 g/mol. The van der Waals surface area contributed by atoms with Gasteiger partial charge < -0.3 is 9.80 Å². The molecule has 0 aliphatic rings. The Labute approximate surface area is 90.9 Å². The molecule has 4 heteroatoms. The number of hydrogen-bond acceptors (Lipinski definition) is 2. The van der Waals surface area contributed by atoms with E-state index < -0.39 is 0 Å². The molecule has 0 heterocycles. The molecule has 0 saturated carbocycles. The Morgan fingerprint density at radius 2 is 1.33 bits per heavy atom. The zero-order chi connectivity index (χ0) is 11.8. The first-order chi connectivity index (χ1) is 7.10. The Kier molecular flexibility index (Phi) is 6.09. The summed E-state index contributed by atoms with van der Waals surface area (Å²) in [6.45, 7) is 10.9. The average molecular weight is 210 g/mol. The molecular formula is C11H18N2O2. The highest BCUT2D eigenvalue weighted by atomic mass is 16.1. The van der Waals surface area contributed by atoms with Crippen molar-refractivity contribution >= 4 is 12.8 Å². The minimum atomic E-state index is 0.0115. The van der Waals surface area contributed by atoms with Gasteiger partial charge in [0, 0.05) is 12.1 Å². The highest BCUT2D eigenvalue weighted by Gasteiger charge is 2.16. The van der Waals surface area contributed by atoms with Gasteiger partial charge >= 0.3 is 0 Å². The molecule has 0 radical (unpaired) electrons. The minimum Gasteiger partial charge on any atom is -0.319 e. The summed E-state index contributed by atoms with van der Waals surface area (Å²) < 4.78 is 0. The summed E-state index contributed by atoms with van der Waals surface area (Å²) in [5, 5.41) is 0. The Morgan fingerprint density at radius 3 is 1.53 bits per heavy atom. The summed E-state index contributed by atoms with van der Waals surface area (Å²) in [7, 11) is 0. The van der Waals surface area contributed by atoms with Crippen LogP contribution in [0.3, 0.4) is 0 Å². The second kappa shape index (κ2) is 6.81. The maximum atomic E-state index is 10.6. The molecule has 0 N–H and O–H groups in total. The molecule has 15 heavy (non-hydrogen) atoms. The van der Waals surface area contributed by atoms with E-state index in [0.29, 0.717) is 6.42 Å². The van der Waals surface area contributed by atoms with E-state index in [1.807, 2.05) is 13.8 Å². The summed E-state index contributed by atoms with van der Waals surface area (Å²) in [6, 6.07) is 0.0230. The van der Waals surface area contributed by atoms with Crippen LogP contribution in [0.4, 0.5) is 0 Å². The number of carbonyl (C=O) groups is 2. The molecule has 2 atom stereocenters. The highest BCUT2D eigenvalue weighted by Crippen LogP contribution is 2.09. The van der Waals surface area contributed by atoms with Crippen molar-refractivity contribution in [1.29, 1.82) is 0 Å². The average Bonchev–Trinajstić information content (AvgIpc) is 2.21. The lowest BCUT2D eigenvalue weighted by molar-refractivity contribution is -0.118. The predicted molar refractivity (Wildman–Crippen MR) is 59.7 cm³/mol. The smallest absolute Gasteiger partial charge is 0.213 e. The van der Waals surface area contributed by atoms with Crippen LogP contribution in [0.15, 0.2) is 25.6 Å². The zero-order valence-corrected chi connectivity index (χ0v) is 9.30. The maximum Gasteiger partial charge on any atom is 0.213 e. The molecule has 0 aliphatic heterocycles. The first-order valence-electron chi connectivity index (χ1n) is 4.81. The van der Waals surface area contributed by atoms with Crippen LogP contribution in [0.2, 0.25) is 0 Å². The molecule has 4 nitrogen and oxygen atoms in total. The van der Waals surface area contributed by atoms with E-state index in [1.54, 1.807) is 0 Å². The van der Waals surface area contributed by atoms with Crippen molar-refractivity contribution in [3.8, 4) is 0 Å². The molecule has 0 aliphatic carbocycles. The van der Waals surface area contributed by atoms with E-state index in [4.69, 9.17) is 0 Å². The van der Waals surface area contributed by atoms with Gasteiger partial charge in [0.1, 0.15) is 0 Å². The second-order valence-electron chi connectivity index (χ2n) is 3.40. The molecule has 0 rings (SSSR count). The standard InChI is InChI=1S/C11H18N2O2/c1-5-12(8-14)10(3)7-11(4)13(6-2)9-15/h5-6,8-11H,1-2,7H2,3-4H3. The van der Waals surface area contributed by atoms with Gasteiger partial charge in [0.2, 0.25) is 12.8 Å². The van der Waals surface area contributed by atoms with Crippen LogP contribution in [0.25, 0.3) is 0 Å². The van der Waals surface area contributed by atoms with Crippen LogP contribution in [0.1, 0.15) is 20.3 Å². The Hall–Kier alpha value is -1.58. The van der Waals surface area contributed by atoms with Gasteiger partial charge in [-0.3, -0.25) is 9.59 Å². The van der Waals surface area contributed by atoms with Crippen molar-refractivity contribution < 1.29 is 9.59 Å². The molecule has 0 aromatic heterocycles. The molecule has 2 amide bonds.